The van der Waals surface area contributed by atoms with Crippen molar-refractivity contribution in [3.8, 4) is 11.4 Å². The smallest absolute Gasteiger partial charge is 0.181 e. The zero-order valence-electron chi connectivity index (χ0n) is 9.31. The molecule has 0 spiro atoms. The zero-order valence-corrected chi connectivity index (χ0v) is 10.9. The molecule has 0 saturated heterocycles. The third-order valence-corrected chi connectivity index (χ3v) is 3.55. The highest BCUT2D eigenvalue weighted by Crippen LogP contribution is 2.24. The highest BCUT2D eigenvalue weighted by molar-refractivity contribution is 9.10. The van der Waals surface area contributed by atoms with Crippen molar-refractivity contribution in [3.05, 3.63) is 34.6 Å². The average molecular weight is 293 g/mol. The van der Waals surface area contributed by atoms with Crippen LogP contribution in [0.4, 0.5) is 0 Å². The molecule has 1 unspecified atom stereocenters. The van der Waals surface area contributed by atoms with Crippen LogP contribution >= 0.6 is 15.9 Å². The Hall–Kier alpha value is -1.20. The molecule has 1 aromatic carbocycles. The van der Waals surface area contributed by atoms with Crippen LogP contribution in [0.25, 0.3) is 11.4 Å². The summed E-state index contributed by atoms with van der Waals surface area (Å²) in [5.41, 5.74) is 7.04. The Labute approximate surface area is 108 Å². The molecule has 2 aromatic rings. The minimum atomic E-state index is -0.0181. The monoisotopic (exact) mass is 292 g/mol. The number of halogens is 1. The lowest BCUT2D eigenvalue weighted by Gasteiger charge is -2.18. The van der Waals surface area contributed by atoms with Gasteiger partial charge in [0.2, 0.25) is 0 Å². The van der Waals surface area contributed by atoms with E-state index in [2.05, 4.69) is 26.0 Å². The van der Waals surface area contributed by atoms with Crippen LogP contribution in [0.5, 0.6) is 0 Å². The summed E-state index contributed by atoms with van der Waals surface area (Å²) in [7, 11) is 0. The molecular formula is C12H13BrN4. The van der Waals surface area contributed by atoms with Crippen LogP contribution in [0.15, 0.2) is 28.7 Å². The van der Waals surface area contributed by atoms with Gasteiger partial charge in [0.15, 0.2) is 5.82 Å². The fourth-order valence-electron chi connectivity index (χ4n) is 2.10. The topological polar surface area (TPSA) is 56.7 Å². The molecule has 3 rings (SSSR count). The maximum atomic E-state index is 6.01. The van der Waals surface area contributed by atoms with E-state index in [9.17, 15) is 0 Å². The third-order valence-electron chi connectivity index (χ3n) is 3.02. The molecule has 0 saturated carbocycles. The van der Waals surface area contributed by atoms with Crippen molar-refractivity contribution in [1.82, 2.24) is 14.8 Å². The molecule has 0 aliphatic carbocycles. The number of aromatic nitrogens is 3. The predicted molar refractivity (Wildman–Crippen MR) is 69.3 cm³/mol. The number of fused-ring (bicyclic) bond motifs is 1. The second-order valence-electron chi connectivity index (χ2n) is 4.26. The first-order valence-corrected chi connectivity index (χ1v) is 6.50. The number of hydrogen-bond donors (Lipinski definition) is 1. The van der Waals surface area contributed by atoms with Gasteiger partial charge in [-0.15, -0.1) is 5.10 Å². The van der Waals surface area contributed by atoms with Gasteiger partial charge in [-0.1, -0.05) is 28.1 Å². The van der Waals surface area contributed by atoms with Crippen molar-refractivity contribution in [2.45, 2.75) is 25.4 Å². The van der Waals surface area contributed by atoms with Crippen LogP contribution < -0.4 is 5.73 Å². The minimum absolute atomic E-state index is 0.0181. The van der Waals surface area contributed by atoms with Crippen LogP contribution in [0.1, 0.15) is 24.8 Å². The van der Waals surface area contributed by atoms with Crippen molar-refractivity contribution in [2.24, 2.45) is 5.73 Å². The Morgan fingerprint density at radius 2 is 2.06 bits per heavy atom. The molecule has 0 fully saturated rings. The van der Waals surface area contributed by atoms with E-state index in [0.717, 1.165) is 40.9 Å². The number of aryl methyl sites for hydroxylation is 1. The van der Waals surface area contributed by atoms with E-state index in [1.54, 1.807) is 0 Å². The van der Waals surface area contributed by atoms with Gasteiger partial charge < -0.3 is 5.73 Å². The lowest BCUT2D eigenvalue weighted by Crippen LogP contribution is -2.25. The van der Waals surface area contributed by atoms with Gasteiger partial charge in [-0.05, 0) is 25.0 Å². The van der Waals surface area contributed by atoms with E-state index in [4.69, 9.17) is 5.73 Å². The minimum Gasteiger partial charge on any atom is -0.310 e. The van der Waals surface area contributed by atoms with Gasteiger partial charge >= 0.3 is 0 Å². The summed E-state index contributed by atoms with van der Waals surface area (Å²) in [4.78, 5) is 4.56. The van der Waals surface area contributed by atoms with Crippen LogP contribution in [0, 0.1) is 0 Å². The molecule has 88 valence electrons. The molecule has 1 atom stereocenters. The highest BCUT2D eigenvalue weighted by atomic mass is 79.9. The standard InChI is InChI=1S/C12H13BrN4/c13-9-6-4-8(5-7-9)12-15-11-3-1-2-10(14)17(11)16-12/h4-7,10H,1-3,14H2. The Kier molecular flexibility index (Phi) is 2.72. The summed E-state index contributed by atoms with van der Waals surface area (Å²) < 4.78 is 2.92. The van der Waals surface area contributed by atoms with Crippen molar-refractivity contribution in [1.29, 1.82) is 0 Å². The summed E-state index contributed by atoms with van der Waals surface area (Å²) >= 11 is 3.42. The normalized spacial score (nSPS) is 19.1. The van der Waals surface area contributed by atoms with E-state index in [0.29, 0.717) is 0 Å². The van der Waals surface area contributed by atoms with Crippen LogP contribution in [0.3, 0.4) is 0 Å². The quantitative estimate of drug-likeness (QED) is 0.879. The third kappa shape index (κ3) is 2.00. The van der Waals surface area contributed by atoms with Gasteiger partial charge in [0.05, 0.1) is 0 Å². The van der Waals surface area contributed by atoms with Gasteiger partial charge in [0, 0.05) is 16.5 Å². The van der Waals surface area contributed by atoms with Crippen LogP contribution in [0.2, 0.25) is 0 Å². The molecule has 0 bridgehead atoms. The second kappa shape index (κ2) is 4.23. The molecule has 2 heterocycles. The molecular weight excluding hydrogens is 280 g/mol. The van der Waals surface area contributed by atoms with Crippen molar-refractivity contribution in [2.75, 3.05) is 0 Å². The maximum absolute atomic E-state index is 6.01. The fourth-order valence-corrected chi connectivity index (χ4v) is 2.37. The van der Waals surface area contributed by atoms with E-state index in [1.165, 1.54) is 0 Å². The summed E-state index contributed by atoms with van der Waals surface area (Å²) in [6, 6.07) is 8.01. The average Bonchev–Trinajstić information content (AvgIpc) is 2.75. The Bertz CT molecular complexity index is 532. The zero-order chi connectivity index (χ0) is 11.8. The Morgan fingerprint density at radius 1 is 1.29 bits per heavy atom. The molecule has 5 heteroatoms. The molecule has 1 aromatic heterocycles. The van der Waals surface area contributed by atoms with E-state index < -0.39 is 0 Å². The first kappa shape index (κ1) is 10.9. The molecule has 1 aliphatic rings. The second-order valence-corrected chi connectivity index (χ2v) is 5.18. The van der Waals surface area contributed by atoms with Gasteiger partial charge in [-0.3, -0.25) is 0 Å². The molecule has 17 heavy (non-hydrogen) atoms. The lowest BCUT2D eigenvalue weighted by atomic mass is 10.1. The van der Waals surface area contributed by atoms with E-state index >= 15 is 0 Å². The number of hydrogen-bond acceptors (Lipinski definition) is 3. The van der Waals surface area contributed by atoms with Crippen molar-refractivity contribution in [3.63, 3.8) is 0 Å². The van der Waals surface area contributed by atoms with Crippen LogP contribution in [-0.2, 0) is 6.42 Å². The number of rotatable bonds is 1. The Balaban J connectivity index is 2.02. The molecule has 0 amide bonds. The first-order chi connectivity index (χ1) is 8.24. The predicted octanol–water partition coefficient (Wildman–Crippen LogP) is 2.50. The molecule has 1 aliphatic heterocycles. The van der Waals surface area contributed by atoms with Crippen molar-refractivity contribution < 1.29 is 0 Å². The molecule has 4 nitrogen and oxygen atoms in total. The Morgan fingerprint density at radius 3 is 2.76 bits per heavy atom. The number of nitrogens with two attached hydrogens (primary N) is 1. The molecule has 2 N–H and O–H groups in total. The SMILES string of the molecule is NC1CCCc2nc(-c3ccc(Br)cc3)nn21. The lowest BCUT2D eigenvalue weighted by molar-refractivity contribution is 0.373. The highest BCUT2D eigenvalue weighted by Gasteiger charge is 2.20. The van der Waals surface area contributed by atoms with Crippen molar-refractivity contribution >= 4 is 15.9 Å². The van der Waals surface area contributed by atoms with E-state index in [-0.39, 0.29) is 6.17 Å². The van der Waals surface area contributed by atoms with Gasteiger partial charge in [0.1, 0.15) is 12.0 Å². The van der Waals surface area contributed by atoms with Gasteiger partial charge in [0.25, 0.3) is 0 Å². The van der Waals surface area contributed by atoms with E-state index in [1.807, 2.05) is 28.9 Å². The maximum Gasteiger partial charge on any atom is 0.181 e. The summed E-state index contributed by atoms with van der Waals surface area (Å²) in [5, 5.41) is 4.50. The summed E-state index contributed by atoms with van der Waals surface area (Å²) in [6.45, 7) is 0. The molecule has 0 radical (unpaired) electrons. The number of benzene rings is 1. The summed E-state index contributed by atoms with van der Waals surface area (Å²) in [5.74, 6) is 1.77. The largest absolute Gasteiger partial charge is 0.310 e. The van der Waals surface area contributed by atoms with Gasteiger partial charge in [-0.2, -0.15) is 0 Å². The first-order valence-electron chi connectivity index (χ1n) is 5.71. The number of nitrogens with zero attached hydrogens (tertiary/aromatic N) is 3. The van der Waals surface area contributed by atoms with Crippen LogP contribution in [-0.4, -0.2) is 14.8 Å². The van der Waals surface area contributed by atoms with Gasteiger partial charge in [-0.25, -0.2) is 9.67 Å². The fraction of sp³-hybridized carbons (Fsp3) is 0.333. The summed E-state index contributed by atoms with van der Waals surface area (Å²) in [6.07, 6.45) is 3.03.